The lowest BCUT2D eigenvalue weighted by Gasteiger charge is -2.23. The molecule has 2 N–H and O–H groups in total. The summed E-state index contributed by atoms with van der Waals surface area (Å²) < 4.78 is 5.23. The lowest BCUT2D eigenvalue weighted by atomic mass is 10.3. The van der Waals surface area contributed by atoms with Crippen LogP contribution in [0.5, 0.6) is 5.75 Å². The van der Waals surface area contributed by atoms with E-state index in [9.17, 15) is 0 Å². The maximum Gasteiger partial charge on any atom is 0.119 e. The molecule has 4 aromatic rings. The summed E-state index contributed by atoms with van der Waals surface area (Å²) in [6.45, 7) is 0. The molecule has 0 radical (unpaired) electrons. The van der Waals surface area contributed by atoms with Gasteiger partial charge in [-0.3, -0.25) is 0 Å². The van der Waals surface area contributed by atoms with Gasteiger partial charge in [0.1, 0.15) is 5.75 Å². The number of hydrazine groups is 1. The largest absolute Gasteiger partial charge is 0.497 e. The quantitative estimate of drug-likeness (QED) is 0.305. The first-order chi connectivity index (χ1) is 14.3. The van der Waals surface area contributed by atoms with Gasteiger partial charge in [0.2, 0.25) is 0 Å². The zero-order valence-corrected chi connectivity index (χ0v) is 18.4. The third-order valence-electron chi connectivity index (χ3n) is 4.61. The lowest BCUT2D eigenvalue weighted by molar-refractivity contribution is 0.415. The first-order valence-electron chi connectivity index (χ1n) is 9.50. The summed E-state index contributed by atoms with van der Waals surface area (Å²) in [5, 5.41) is 3.93. The van der Waals surface area contributed by atoms with Gasteiger partial charge in [-0.05, 0) is 48.9 Å². The fourth-order valence-corrected chi connectivity index (χ4v) is 5.57. The summed E-state index contributed by atoms with van der Waals surface area (Å²) in [5.41, 5.74) is 8.78. The van der Waals surface area contributed by atoms with E-state index in [0.29, 0.717) is 0 Å². The van der Waals surface area contributed by atoms with E-state index in [1.54, 1.807) is 7.11 Å². The zero-order chi connectivity index (χ0) is 19.9. The van der Waals surface area contributed by atoms with Crippen LogP contribution in [0.15, 0.2) is 109 Å². The molecule has 0 unspecified atom stereocenters. The Morgan fingerprint density at radius 3 is 1.70 bits per heavy atom. The summed E-state index contributed by atoms with van der Waals surface area (Å²) >= 11 is 0. The summed E-state index contributed by atoms with van der Waals surface area (Å²) in [6.07, 6.45) is 0. The molecule has 0 aromatic heterocycles. The normalized spacial score (nSPS) is 10.2. The maximum atomic E-state index is 5.23. The predicted molar refractivity (Wildman–Crippen MR) is 133 cm³/mol. The predicted octanol–water partition coefficient (Wildman–Crippen LogP) is 5.31. The molecule has 0 aliphatic rings. The van der Waals surface area contributed by atoms with Crippen LogP contribution in [0, 0.1) is 0 Å². The van der Waals surface area contributed by atoms with E-state index < -0.39 is 7.92 Å². The molecular weight excluding hydrogens is 411 g/mol. The Labute approximate surface area is 185 Å². The SMILES string of the molecule is COc1ccc(NNc2ccccc2P(c2ccccc2)c2ccccc2)cc1.Cl. The number of para-hydroxylation sites is 1. The summed E-state index contributed by atoms with van der Waals surface area (Å²) in [4.78, 5) is 0. The molecule has 4 aromatic carbocycles. The molecule has 5 heteroatoms. The standard InChI is InChI=1S/C25H23N2OP.ClH/c1-28-21-18-16-20(17-19-21)26-27-24-14-8-9-15-25(24)29(22-10-4-2-5-11-22)23-12-6-3-7-13-23;/h2-19,26-27H,1H3;1H. The van der Waals surface area contributed by atoms with Crippen LogP contribution < -0.4 is 31.5 Å². The van der Waals surface area contributed by atoms with Gasteiger partial charge in [0.25, 0.3) is 0 Å². The van der Waals surface area contributed by atoms with Crippen molar-refractivity contribution in [3.8, 4) is 5.75 Å². The zero-order valence-electron chi connectivity index (χ0n) is 16.7. The van der Waals surface area contributed by atoms with Gasteiger partial charge in [-0.25, -0.2) is 0 Å². The van der Waals surface area contributed by atoms with Gasteiger partial charge >= 0.3 is 0 Å². The van der Waals surface area contributed by atoms with Crippen molar-refractivity contribution in [1.82, 2.24) is 0 Å². The van der Waals surface area contributed by atoms with Crippen LogP contribution >= 0.6 is 20.3 Å². The molecule has 0 bridgehead atoms. The summed E-state index contributed by atoms with van der Waals surface area (Å²) in [6, 6.07) is 37.8. The van der Waals surface area contributed by atoms with Crippen LogP contribution in [0.25, 0.3) is 0 Å². The number of nitrogens with one attached hydrogen (secondary N) is 2. The van der Waals surface area contributed by atoms with Crippen LogP contribution in [0.3, 0.4) is 0 Å². The Bertz CT molecular complexity index is 1000. The third-order valence-corrected chi connectivity index (χ3v) is 7.11. The molecule has 4 rings (SSSR count). The highest BCUT2D eigenvalue weighted by atomic mass is 35.5. The molecule has 0 fully saturated rings. The topological polar surface area (TPSA) is 33.3 Å². The number of rotatable bonds is 7. The average Bonchev–Trinajstić information content (AvgIpc) is 2.80. The molecule has 0 spiro atoms. The number of hydrogen-bond donors (Lipinski definition) is 2. The molecule has 0 saturated heterocycles. The van der Waals surface area contributed by atoms with E-state index in [4.69, 9.17) is 4.74 Å². The highest BCUT2D eigenvalue weighted by Crippen LogP contribution is 2.35. The van der Waals surface area contributed by atoms with E-state index in [1.165, 1.54) is 15.9 Å². The fraction of sp³-hybridized carbons (Fsp3) is 0.0400. The van der Waals surface area contributed by atoms with Crippen molar-refractivity contribution < 1.29 is 4.74 Å². The average molecular weight is 435 g/mol. The van der Waals surface area contributed by atoms with Crippen molar-refractivity contribution in [3.63, 3.8) is 0 Å². The second-order valence-electron chi connectivity index (χ2n) is 6.50. The minimum absolute atomic E-state index is 0. The van der Waals surface area contributed by atoms with Crippen molar-refractivity contribution >= 4 is 47.6 Å². The van der Waals surface area contributed by atoms with E-state index in [1.807, 2.05) is 24.3 Å². The lowest BCUT2D eigenvalue weighted by Crippen LogP contribution is -2.24. The van der Waals surface area contributed by atoms with Crippen molar-refractivity contribution in [3.05, 3.63) is 109 Å². The molecule has 3 nitrogen and oxygen atoms in total. The summed E-state index contributed by atoms with van der Waals surface area (Å²) in [5.74, 6) is 0.840. The molecule has 0 atom stereocenters. The second-order valence-corrected chi connectivity index (χ2v) is 8.69. The second kappa shape index (κ2) is 10.7. The van der Waals surface area contributed by atoms with Gasteiger partial charge in [0, 0.05) is 5.30 Å². The Morgan fingerprint density at radius 1 is 0.600 bits per heavy atom. The number of halogens is 1. The molecule has 30 heavy (non-hydrogen) atoms. The highest BCUT2D eigenvalue weighted by Gasteiger charge is 2.19. The van der Waals surface area contributed by atoms with Crippen molar-refractivity contribution in [1.29, 1.82) is 0 Å². The molecule has 0 saturated carbocycles. The van der Waals surface area contributed by atoms with Gasteiger partial charge in [-0.2, -0.15) is 0 Å². The van der Waals surface area contributed by atoms with Crippen LogP contribution in [0.2, 0.25) is 0 Å². The molecule has 0 aliphatic carbocycles. The molecular formula is C25H24ClN2OP. The minimum atomic E-state index is -0.678. The fourth-order valence-electron chi connectivity index (χ4n) is 3.17. The Kier molecular flexibility index (Phi) is 7.73. The van der Waals surface area contributed by atoms with Crippen molar-refractivity contribution in [2.45, 2.75) is 0 Å². The number of hydrogen-bond acceptors (Lipinski definition) is 3. The Morgan fingerprint density at radius 2 is 1.13 bits per heavy atom. The Hall–Kier alpha value is -3.00. The van der Waals surface area contributed by atoms with Gasteiger partial charge in [-0.1, -0.05) is 78.9 Å². The Balaban J connectivity index is 0.00000256. The third kappa shape index (κ3) is 5.13. The number of ether oxygens (including phenoxy) is 1. The van der Waals surface area contributed by atoms with Gasteiger partial charge in [-0.15, -0.1) is 12.4 Å². The van der Waals surface area contributed by atoms with Crippen molar-refractivity contribution in [2.75, 3.05) is 18.0 Å². The van der Waals surface area contributed by atoms with Crippen LogP contribution in [0.4, 0.5) is 11.4 Å². The van der Waals surface area contributed by atoms with Crippen LogP contribution in [-0.4, -0.2) is 7.11 Å². The van der Waals surface area contributed by atoms with Crippen molar-refractivity contribution in [2.24, 2.45) is 0 Å². The first kappa shape index (κ1) is 21.7. The monoisotopic (exact) mass is 434 g/mol. The van der Waals surface area contributed by atoms with Crippen LogP contribution in [-0.2, 0) is 0 Å². The maximum absolute atomic E-state index is 5.23. The molecule has 152 valence electrons. The van der Waals surface area contributed by atoms with Gasteiger partial charge in [0.15, 0.2) is 0 Å². The number of benzene rings is 4. The van der Waals surface area contributed by atoms with E-state index in [2.05, 4.69) is 95.8 Å². The van der Waals surface area contributed by atoms with Gasteiger partial charge in [0.05, 0.1) is 18.5 Å². The molecule has 0 heterocycles. The number of methoxy groups -OCH3 is 1. The first-order valence-corrected chi connectivity index (χ1v) is 10.8. The minimum Gasteiger partial charge on any atom is -0.497 e. The van der Waals surface area contributed by atoms with Crippen LogP contribution in [0.1, 0.15) is 0 Å². The van der Waals surface area contributed by atoms with Gasteiger partial charge < -0.3 is 15.6 Å². The summed E-state index contributed by atoms with van der Waals surface area (Å²) in [7, 11) is 0.995. The van der Waals surface area contributed by atoms with E-state index in [-0.39, 0.29) is 12.4 Å². The van der Waals surface area contributed by atoms with E-state index in [0.717, 1.165) is 17.1 Å². The number of anilines is 2. The smallest absolute Gasteiger partial charge is 0.119 e. The molecule has 0 aliphatic heterocycles. The van der Waals surface area contributed by atoms with E-state index >= 15 is 0 Å². The highest BCUT2D eigenvalue weighted by molar-refractivity contribution is 7.80. The molecule has 0 amide bonds.